The van der Waals surface area contributed by atoms with E-state index < -0.39 is 0 Å². The van der Waals surface area contributed by atoms with Crippen molar-refractivity contribution in [2.45, 2.75) is 12.6 Å². The topological polar surface area (TPSA) is 61.4 Å². The molecule has 0 radical (unpaired) electrons. The molecule has 4 heterocycles. The van der Waals surface area contributed by atoms with Gasteiger partial charge in [-0.05, 0) is 22.9 Å². The van der Waals surface area contributed by atoms with E-state index in [9.17, 15) is 9.59 Å². The van der Waals surface area contributed by atoms with E-state index in [1.807, 2.05) is 35.0 Å². The summed E-state index contributed by atoms with van der Waals surface area (Å²) in [6.45, 7) is 1.04. The number of thiophene rings is 2. The Balaban J connectivity index is 1.64. The van der Waals surface area contributed by atoms with Crippen molar-refractivity contribution in [3.8, 4) is 0 Å². The van der Waals surface area contributed by atoms with Gasteiger partial charge in [0.1, 0.15) is 0 Å². The maximum absolute atomic E-state index is 12.8. The molecule has 0 saturated carbocycles. The summed E-state index contributed by atoms with van der Waals surface area (Å²) in [6.07, 6.45) is 0. The van der Waals surface area contributed by atoms with E-state index in [4.69, 9.17) is 0 Å². The lowest BCUT2D eigenvalue weighted by Gasteiger charge is -2.24. The first-order valence-corrected chi connectivity index (χ1v) is 8.64. The highest BCUT2D eigenvalue weighted by molar-refractivity contribution is 7.10. The summed E-state index contributed by atoms with van der Waals surface area (Å²) >= 11 is 3.17. The average Bonchev–Trinajstić information content (AvgIpc) is 3.22. The van der Waals surface area contributed by atoms with Crippen molar-refractivity contribution in [2.24, 2.45) is 0 Å². The Bertz CT molecular complexity index is 750. The maximum Gasteiger partial charge on any atom is 0.319 e. The number of carbonyl (C=O) groups is 2. The molecule has 2 aliphatic heterocycles. The van der Waals surface area contributed by atoms with Gasteiger partial charge in [-0.1, -0.05) is 12.1 Å². The van der Waals surface area contributed by atoms with Crippen LogP contribution >= 0.6 is 22.7 Å². The highest BCUT2D eigenvalue weighted by Crippen LogP contribution is 2.35. The van der Waals surface area contributed by atoms with E-state index in [-0.39, 0.29) is 18.0 Å². The number of rotatable bonds is 3. The van der Waals surface area contributed by atoms with Crippen molar-refractivity contribution in [2.75, 3.05) is 6.54 Å². The molecule has 0 aliphatic carbocycles. The maximum atomic E-state index is 12.8. The minimum atomic E-state index is -0.343. The Hall–Kier alpha value is -2.12. The normalized spacial score (nSPS) is 20.9. The van der Waals surface area contributed by atoms with Crippen LogP contribution in [0.15, 0.2) is 46.3 Å². The molecule has 0 fully saturated rings. The molecule has 7 heteroatoms. The van der Waals surface area contributed by atoms with Crippen LogP contribution in [0.4, 0.5) is 4.79 Å². The largest absolute Gasteiger partial charge is 0.328 e. The Morgan fingerprint density at radius 2 is 2.00 bits per heavy atom. The summed E-state index contributed by atoms with van der Waals surface area (Å²) in [7, 11) is 0. The van der Waals surface area contributed by atoms with E-state index in [1.165, 1.54) is 0 Å². The van der Waals surface area contributed by atoms with E-state index in [2.05, 4.69) is 10.6 Å². The van der Waals surface area contributed by atoms with Gasteiger partial charge in [0.15, 0.2) is 0 Å². The third-order valence-corrected chi connectivity index (χ3v) is 5.57. The number of amides is 3. The number of carbonyl (C=O) groups excluding carboxylic acids is 2. The van der Waals surface area contributed by atoms with Crippen LogP contribution in [0.5, 0.6) is 0 Å². The van der Waals surface area contributed by atoms with Crippen molar-refractivity contribution < 1.29 is 9.59 Å². The summed E-state index contributed by atoms with van der Waals surface area (Å²) in [5.74, 6) is -0.00528. The Morgan fingerprint density at radius 3 is 2.73 bits per heavy atom. The van der Waals surface area contributed by atoms with Gasteiger partial charge in [-0.15, -0.1) is 22.7 Å². The molecule has 0 aromatic carbocycles. The van der Waals surface area contributed by atoms with Gasteiger partial charge in [-0.3, -0.25) is 4.79 Å². The van der Waals surface area contributed by atoms with E-state index in [1.54, 1.807) is 27.6 Å². The van der Waals surface area contributed by atoms with Crippen molar-refractivity contribution in [3.63, 3.8) is 0 Å². The number of urea groups is 1. The first-order chi connectivity index (χ1) is 10.7. The molecule has 112 valence electrons. The molecule has 4 rings (SSSR count). The molecular weight excluding hydrogens is 318 g/mol. The van der Waals surface area contributed by atoms with Gasteiger partial charge in [0.05, 0.1) is 30.4 Å². The minimum Gasteiger partial charge on any atom is -0.328 e. The number of hydrogen-bond donors (Lipinski definition) is 2. The van der Waals surface area contributed by atoms with Crippen LogP contribution in [0, 0.1) is 0 Å². The Kier molecular flexibility index (Phi) is 3.24. The molecule has 2 aromatic rings. The zero-order valence-electron chi connectivity index (χ0n) is 11.5. The van der Waals surface area contributed by atoms with Gasteiger partial charge in [-0.25, -0.2) is 4.79 Å². The number of hydrogen-bond acceptors (Lipinski definition) is 4. The Morgan fingerprint density at radius 1 is 1.18 bits per heavy atom. The molecule has 0 saturated heterocycles. The molecule has 2 aromatic heterocycles. The lowest BCUT2D eigenvalue weighted by molar-refractivity contribution is -0.126. The fourth-order valence-electron chi connectivity index (χ4n) is 2.82. The van der Waals surface area contributed by atoms with E-state index in [0.717, 1.165) is 15.5 Å². The molecule has 2 aliphatic rings. The van der Waals surface area contributed by atoms with E-state index in [0.29, 0.717) is 18.7 Å². The van der Waals surface area contributed by atoms with Gasteiger partial charge < -0.3 is 15.5 Å². The third-order valence-electron chi connectivity index (χ3n) is 3.77. The van der Waals surface area contributed by atoms with Gasteiger partial charge in [0.2, 0.25) is 0 Å². The molecule has 1 atom stereocenters. The predicted molar refractivity (Wildman–Crippen MR) is 85.5 cm³/mol. The molecule has 0 spiro atoms. The van der Waals surface area contributed by atoms with Crippen molar-refractivity contribution in [3.05, 3.63) is 56.1 Å². The smallest absolute Gasteiger partial charge is 0.319 e. The van der Waals surface area contributed by atoms with Crippen LogP contribution in [-0.2, 0) is 11.3 Å². The molecule has 2 N–H and O–H groups in total. The molecule has 0 unspecified atom stereocenters. The standard InChI is InChI=1S/C15H13N3O2S2/c19-14-12-10(8-18(14)7-9-3-1-5-21-9)16-15(20)17-13(12)11-4-2-6-22-11/h1-6,13H,7-8H2,(H2,16,17,20)/t13-/m0/s1. The molecule has 0 bridgehead atoms. The summed E-state index contributed by atoms with van der Waals surface area (Å²) < 4.78 is 0. The number of nitrogens with zero attached hydrogens (tertiary/aromatic N) is 1. The predicted octanol–water partition coefficient (Wildman–Crippen LogP) is 2.46. The van der Waals surface area contributed by atoms with Gasteiger partial charge in [0, 0.05) is 9.75 Å². The first-order valence-electron chi connectivity index (χ1n) is 6.88. The van der Waals surface area contributed by atoms with Crippen LogP contribution in [0.3, 0.4) is 0 Å². The van der Waals surface area contributed by atoms with Crippen LogP contribution in [-0.4, -0.2) is 23.4 Å². The second kappa shape index (κ2) is 5.26. The van der Waals surface area contributed by atoms with E-state index >= 15 is 0 Å². The quantitative estimate of drug-likeness (QED) is 0.907. The second-order valence-electron chi connectivity index (χ2n) is 5.18. The lowest BCUT2D eigenvalue weighted by Crippen LogP contribution is -2.44. The highest BCUT2D eigenvalue weighted by atomic mass is 32.1. The highest BCUT2D eigenvalue weighted by Gasteiger charge is 2.40. The number of nitrogens with one attached hydrogen (secondary N) is 2. The molecule has 5 nitrogen and oxygen atoms in total. The van der Waals surface area contributed by atoms with Gasteiger partial charge in [0.25, 0.3) is 5.91 Å². The van der Waals surface area contributed by atoms with Crippen LogP contribution < -0.4 is 10.6 Å². The molecule has 22 heavy (non-hydrogen) atoms. The summed E-state index contributed by atoms with van der Waals surface area (Å²) in [4.78, 5) is 28.5. The fourth-order valence-corrected chi connectivity index (χ4v) is 4.32. The minimum absolute atomic E-state index is 0.00528. The van der Waals surface area contributed by atoms with Crippen LogP contribution in [0.25, 0.3) is 0 Å². The molecular formula is C15H13N3O2S2. The third kappa shape index (κ3) is 2.22. The fraction of sp³-hybridized carbons (Fsp3) is 0.200. The van der Waals surface area contributed by atoms with Gasteiger partial charge >= 0.3 is 6.03 Å². The summed E-state index contributed by atoms with van der Waals surface area (Å²) in [6, 6.07) is 7.28. The first kappa shape index (κ1) is 13.5. The van der Waals surface area contributed by atoms with Crippen LogP contribution in [0.2, 0.25) is 0 Å². The second-order valence-corrected chi connectivity index (χ2v) is 7.19. The summed E-state index contributed by atoms with van der Waals surface area (Å²) in [5.41, 5.74) is 1.39. The van der Waals surface area contributed by atoms with Crippen LogP contribution in [0.1, 0.15) is 15.8 Å². The Labute approximate surface area is 135 Å². The monoisotopic (exact) mass is 331 g/mol. The van der Waals surface area contributed by atoms with Crippen molar-refractivity contribution in [1.82, 2.24) is 15.5 Å². The SMILES string of the molecule is O=C1NC2=C(C(=O)N(Cc3cccs3)C2)[C@H](c2cccs2)N1. The zero-order chi connectivity index (χ0) is 15.1. The summed E-state index contributed by atoms with van der Waals surface area (Å²) in [5, 5.41) is 9.59. The lowest BCUT2D eigenvalue weighted by atomic mass is 10.0. The van der Waals surface area contributed by atoms with Crippen molar-refractivity contribution in [1.29, 1.82) is 0 Å². The average molecular weight is 331 g/mol. The molecule has 3 amide bonds. The van der Waals surface area contributed by atoms with Crippen molar-refractivity contribution >= 4 is 34.6 Å². The van der Waals surface area contributed by atoms with Gasteiger partial charge in [-0.2, -0.15) is 0 Å². The zero-order valence-corrected chi connectivity index (χ0v) is 13.2.